The molecule has 1 aromatic heterocycles. The Morgan fingerprint density at radius 2 is 1.48 bits per heavy atom. The Balaban J connectivity index is 1.91. The highest BCUT2D eigenvalue weighted by Crippen LogP contribution is 2.46. The number of rotatable bonds is 12. The van der Waals surface area contributed by atoms with Crippen LogP contribution in [0.3, 0.4) is 0 Å². The Kier molecular flexibility index (Phi) is 9.17. The molecule has 3 rings (SSSR count). The first kappa shape index (κ1) is 31.3. The van der Waals surface area contributed by atoms with E-state index in [2.05, 4.69) is 9.47 Å². The summed E-state index contributed by atoms with van der Waals surface area (Å²) in [7, 11) is 0.639. The van der Waals surface area contributed by atoms with Crippen LogP contribution in [0.25, 0.3) is 22.1 Å². The normalized spacial score (nSPS) is 13.2. The number of alkyl halides is 9. The lowest BCUT2D eigenvalue weighted by molar-refractivity contribution is -0.323. The number of aryl methyl sites for hydroxylation is 1. The van der Waals surface area contributed by atoms with Crippen molar-refractivity contribution in [1.29, 1.82) is 0 Å². The van der Waals surface area contributed by atoms with E-state index in [4.69, 9.17) is 4.42 Å². The van der Waals surface area contributed by atoms with Gasteiger partial charge < -0.3 is 13.9 Å². The van der Waals surface area contributed by atoms with E-state index >= 15 is 0 Å². The monoisotopic (exact) mass is 584 g/mol. The first-order chi connectivity index (χ1) is 18.5. The molecule has 0 unspecified atom stereocenters. The maximum atomic E-state index is 14.0. The summed E-state index contributed by atoms with van der Waals surface area (Å²) in [5.41, 5.74) is -2.96. The molecule has 4 nitrogen and oxygen atoms in total. The first-order valence-corrected chi connectivity index (χ1v) is 12.1. The second kappa shape index (κ2) is 11.7. The van der Waals surface area contributed by atoms with Gasteiger partial charge in [-0.15, -0.1) is 0 Å². The molecule has 3 aromatic rings. The van der Waals surface area contributed by atoms with Gasteiger partial charge in [-0.3, -0.25) is 0 Å². The predicted octanol–water partition coefficient (Wildman–Crippen LogP) is 8.14. The second-order valence-electron chi connectivity index (χ2n) is 9.19. The molecule has 0 N–H and O–H groups in total. The molecular weight excluding hydrogens is 559 g/mol. The number of fused-ring (bicyclic) bond motifs is 1. The standard InChI is InChI=1S/C27H25F9O4/c1-3-4-5-6-16-7-10-19(21(11-16)26(32,33)34)20-12-17-8-9-18(13-22(17)40-23(20)37)39-15-25(30,31)27(35,36)24(28,29)14-38-2/h7-13H,3-6,14-15H2,1-2H3. The van der Waals surface area contributed by atoms with Gasteiger partial charge in [0.2, 0.25) is 0 Å². The number of halogens is 9. The van der Waals surface area contributed by atoms with Gasteiger partial charge in [0, 0.05) is 24.1 Å². The Bertz CT molecular complexity index is 1380. The van der Waals surface area contributed by atoms with Gasteiger partial charge in [-0.05, 0) is 42.7 Å². The molecule has 0 amide bonds. The minimum absolute atomic E-state index is 0.0609. The smallest absolute Gasteiger partial charge is 0.417 e. The van der Waals surface area contributed by atoms with Gasteiger partial charge >= 0.3 is 29.6 Å². The van der Waals surface area contributed by atoms with Crippen LogP contribution in [-0.2, 0) is 17.3 Å². The minimum atomic E-state index is -5.82. The topological polar surface area (TPSA) is 48.7 Å². The molecule has 13 heteroatoms. The molecule has 0 aliphatic heterocycles. The molecule has 0 saturated carbocycles. The zero-order valence-corrected chi connectivity index (χ0v) is 21.3. The molecule has 220 valence electrons. The highest BCUT2D eigenvalue weighted by molar-refractivity contribution is 5.83. The molecule has 0 fully saturated rings. The van der Waals surface area contributed by atoms with Gasteiger partial charge in [-0.1, -0.05) is 31.9 Å². The van der Waals surface area contributed by atoms with Crippen LogP contribution in [0, 0.1) is 0 Å². The van der Waals surface area contributed by atoms with Crippen molar-refractivity contribution in [3.8, 4) is 16.9 Å². The largest absolute Gasteiger partial charge is 0.487 e. The van der Waals surface area contributed by atoms with Crippen molar-refractivity contribution >= 4 is 11.0 Å². The molecule has 0 bridgehead atoms. The van der Waals surface area contributed by atoms with Crippen molar-refractivity contribution in [1.82, 2.24) is 0 Å². The number of hydrogen-bond acceptors (Lipinski definition) is 4. The summed E-state index contributed by atoms with van der Waals surface area (Å²) in [6, 6.07) is 7.67. The van der Waals surface area contributed by atoms with Crippen LogP contribution in [0.2, 0.25) is 0 Å². The second-order valence-corrected chi connectivity index (χ2v) is 9.19. The van der Waals surface area contributed by atoms with Crippen molar-refractivity contribution in [2.75, 3.05) is 20.3 Å². The summed E-state index contributed by atoms with van der Waals surface area (Å²) in [6.45, 7) is -2.17. The Morgan fingerprint density at radius 3 is 2.10 bits per heavy atom. The molecule has 0 radical (unpaired) electrons. The van der Waals surface area contributed by atoms with Crippen LogP contribution < -0.4 is 10.4 Å². The first-order valence-electron chi connectivity index (χ1n) is 12.1. The average Bonchev–Trinajstić information content (AvgIpc) is 2.86. The Hall–Kier alpha value is -3.22. The van der Waals surface area contributed by atoms with Gasteiger partial charge in [-0.2, -0.15) is 39.5 Å². The lowest BCUT2D eigenvalue weighted by Gasteiger charge is -2.32. The maximum absolute atomic E-state index is 14.0. The molecule has 0 atom stereocenters. The van der Waals surface area contributed by atoms with E-state index in [1.165, 1.54) is 12.1 Å². The van der Waals surface area contributed by atoms with Gasteiger partial charge in [0.05, 0.1) is 11.1 Å². The van der Waals surface area contributed by atoms with Crippen LogP contribution in [0.4, 0.5) is 39.5 Å². The van der Waals surface area contributed by atoms with Gasteiger partial charge in [0.25, 0.3) is 0 Å². The Labute approximate surface area is 222 Å². The van der Waals surface area contributed by atoms with Gasteiger partial charge in [0.1, 0.15) is 17.9 Å². The van der Waals surface area contributed by atoms with Crippen LogP contribution >= 0.6 is 0 Å². The maximum Gasteiger partial charge on any atom is 0.417 e. The fourth-order valence-electron chi connectivity index (χ4n) is 3.97. The predicted molar refractivity (Wildman–Crippen MR) is 128 cm³/mol. The van der Waals surface area contributed by atoms with E-state index < -0.39 is 65.2 Å². The van der Waals surface area contributed by atoms with Crippen LogP contribution in [0.15, 0.2) is 51.7 Å². The van der Waals surface area contributed by atoms with Crippen molar-refractivity contribution in [3.05, 3.63) is 64.0 Å². The highest BCUT2D eigenvalue weighted by atomic mass is 19.4. The number of unbranched alkanes of at least 4 members (excludes halogenated alkanes) is 2. The lowest BCUT2D eigenvalue weighted by atomic mass is 9.95. The molecule has 2 aromatic carbocycles. The van der Waals surface area contributed by atoms with E-state index in [0.29, 0.717) is 25.5 Å². The molecular formula is C27H25F9O4. The number of ether oxygens (including phenoxy) is 2. The van der Waals surface area contributed by atoms with Gasteiger partial charge in [0.15, 0.2) is 6.61 Å². The van der Waals surface area contributed by atoms with E-state index in [1.54, 1.807) is 0 Å². The number of benzene rings is 2. The quantitative estimate of drug-likeness (QED) is 0.123. The number of methoxy groups -OCH3 is 1. The fraction of sp³-hybridized carbons (Fsp3) is 0.444. The van der Waals surface area contributed by atoms with Crippen LogP contribution in [0.1, 0.15) is 37.3 Å². The summed E-state index contributed by atoms with van der Waals surface area (Å²) in [4.78, 5) is 12.7. The van der Waals surface area contributed by atoms with E-state index in [-0.39, 0.29) is 11.0 Å². The third kappa shape index (κ3) is 6.56. The molecule has 1 heterocycles. The molecule has 40 heavy (non-hydrogen) atoms. The van der Waals surface area contributed by atoms with Crippen molar-refractivity contribution in [2.24, 2.45) is 0 Å². The third-order valence-electron chi connectivity index (χ3n) is 6.12. The van der Waals surface area contributed by atoms with E-state index in [1.807, 2.05) is 6.92 Å². The number of hydrogen-bond donors (Lipinski definition) is 0. The Morgan fingerprint density at radius 1 is 0.800 bits per heavy atom. The highest BCUT2D eigenvalue weighted by Gasteiger charge is 2.71. The minimum Gasteiger partial charge on any atom is -0.487 e. The molecule has 0 saturated heterocycles. The molecule has 0 aliphatic rings. The van der Waals surface area contributed by atoms with Crippen molar-refractivity contribution < 1.29 is 53.4 Å². The zero-order valence-electron chi connectivity index (χ0n) is 21.3. The summed E-state index contributed by atoms with van der Waals surface area (Å²) >= 11 is 0. The van der Waals surface area contributed by atoms with Crippen molar-refractivity contribution in [2.45, 2.75) is 56.6 Å². The fourth-order valence-corrected chi connectivity index (χ4v) is 3.97. The van der Waals surface area contributed by atoms with Gasteiger partial charge in [-0.25, -0.2) is 4.79 Å². The van der Waals surface area contributed by atoms with Crippen molar-refractivity contribution in [3.63, 3.8) is 0 Å². The molecule has 0 aliphatic carbocycles. The summed E-state index contributed by atoms with van der Waals surface area (Å²) in [5.74, 6) is -16.9. The molecule has 0 spiro atoms. The third-order valence-corrected chi connectivity index (χ3v) is 6.12. The summed E-state index contributed by atoms with van der Waals surface area (Å²) in [6.07, 6.45) is -1.96. The van der Waals surface area contributed by atoms with E-state index in [0.717, 1.165) is 43.2 Å². The van der Waals surface area contributed by atoms with E-state index in [9.17, 15) is 44.3 Å². The van der Waals surface area contributed by atoms with Crippen LogP contribution in [-0.4, -0.2) is 38.1 Å². The zero-order chi connectivity index (χ0) is 29.9. The van der Waals surface area contributed by atoms with Crippen LogP contribution in [0.5, 0.6) is 5.75 Å². The lowest BCUT2D eigenvalue weighted by Crippen LogP contribution is -2.58. The average molecular weight is 584 g/mol. The summed E-state index contributed by atoms with van der Waals surface area (Å²) < 4.78 is 138. The SMILES string of the molecule is CCCCCc1ccc(-c2cc3ccc(OCC(F)(F)C(F)(F)C(F)(F)COC)cc3oc2=O)c(C(F)(F)F)c1. The summed E-state index contributed by atoms with van der Waals surface area (Å²) in [5, 5.41) is 0.0609.